The molecule has 0 spiro atoms. The summed E-state index contributed by atoms with van der Waals surface area (Å²) in [4.78, 5) is 24.4. The highest BCUT2D eigenvalue weighted by atomic mass is 16.6. The molecule has 1 amide bonds. The summed E-state index contributed by atoms with van der Waals surface area (Å²) in [5.74, 6) is 0.602. The van der Waals surface area contributed by atoms with Gasteiger partial charge in [0.05, 0.1) is 17.6 Å². The van der Waals surface area contributed by atoms with Gasteiger partial charge in [-0.25, -0.2) is 0 Å². The van der Waals surface area contributed by atoms with E-state index in [-0.39, 0.29) is 17.6 Å². The number of carbonyl (C=O) groups excluding carboxylic acids is 1. The Kier molecular flexibility index (Phi) is 6.49. The van der Waals surface area contributed by atoms with Crippen LogP contribution in [0.3, 0.4) is 0 Å². The minimum atomic E-state index is -0.441. The molecule has 0 aliphatic heterocycles. The van der Waals surface area contributed by atoms with Crippen molar-refractivity contribution in [2.24, 2.45) is 0 Å². The molecule has 0 saturated heterocycles. The first-order chi connectivity index (χ1) is 12.4. The van der Waals surface area contributed by atoms with E-state index in [2.05, 4.69) is 0 Å². The second kappa shape index (κ2) is 8.80. The number of rotatable bonds is 7. The summed E-state index contributed by atoms with van der Waals surface area (Å²) in [5, 5.41) is 10.9. The number of ether oxygens (including phenoxy) is 1. The number of hydrogen-bond donors (Lipinski definition) is 0. The summed E-state index contributed by atoms with van der Waals surface area (Å²) in [6.45, 7) is 4.36. The first-order valence-electron chi connectivity index (χ1n) is 8.34. The molecule has 136 valence electrons. The monoisotopic (exact) mass is 354 g/mol. The molecule has 26 heavy (non-hydrogen) atoms. The predicted octanol–water partition coefficient (Wildman–Crippen LogP) is 4.23. The van der Waals surface area contributed by atoms with E-state index in [4.69, 9.17) is 4.74 Å². The lowest BCUT2D eigenvalue weighted by Gasteiger charge is -2.24. The fraction of sp³-hybridized carbons (Fsp3) is 0.250. The molecule has 0 saturated carbocycles. The van der Waals surface area contributed by atoms with Crippen molar-refractivity contribution in [2.45, 2.75) is 19.9 Å². The molecular weight excluding hydrogens is 332 g/mol. The average molecular weight is 354 g/mol. The molecule has 0 aromatic heterocycles. The Hall–Kier alpha value is -3.15. The second-order valence-electron chi connectivity index (χ2n) is 5.81. The molecule has 6 heteroatoms. The van der Waals surface area contributed by atoms with Gasteiger partial charge < -0.3 is 9.64 Å². The molecule has 0 radical (unpaired) electrons. The van der Waals surface area contributed by atoms with Crippen molar-refractivity contribution in [3.05, 3.63) is 75.8 Å². The number of non-ortho nitro benzene ring substituents is 1. The van der Waals surface area contributed by atoms with Crippen LogP contribution < -0.4 is 4.74 Å². The zero-order valence-electron chi connectivity index (χ0n) is 15.1. The van der Waals surface area contributed by atoms with Crippen molar-refractivity contribution in [3.63, 3.8) is 0 Å². The number of benzene rings is 2. The van der Waals surface area contributed by atoms with Crippen LogP contribution in [0.4, 0.5) is 5.69 Å². The van der Waals surface area contributed by atoms with E-state index < -0.39 is 4.92 Å². The third kappa shape index (κ3) is 4.92. The predicted molar refractivity (Wildman–Crippen MR) is 101 cm³/mol. The van der Waals surface area contributed by atoms with Gasteiger partial charge in [0.25, 0.3) is 5.69 Å². The van der Waals surface area contributed by atoms with Gasteiger partial charge in [-0.1, -0.05) is 24.3 Å². The van der Waals surface area contributed by atoms with Crippen molar-refractivity contribution in [2.75, 3.05) is 13.7 Å². The van der Waals surface area contributed by atoms with Crippen LogP contribution in [-0.2, 0) is 4.79 Å². The van der Waals surface area contributed by atoms with E-state index in [1.54, 1.807) is 30.2 Å². The fourth-order valence-corrected chi connectivity index (χ4v) is 2.44. The molecule has 6 nitrogen and oxygen atoms in total. The van der Waals surface area contributed by atoms with Crippen molar-refractivity contribution >= 4 is 17.7 Å². The standard InChI is InChI=1S/C20H22N2O4/c1-4-26-19-11-8-16(9-12-19)10-13-20(23)21(3)15(2)17-6-5-7-18(14-17)22(24)25/h5-15H,4H2,1-3H3/b13-10+/t15-/m1/s1. The van der Waals surface area contributed by atoms with E-state index in [9.17, 15) is 14.9 Å². The van der Waals surface area contributed by atoms with Crippen LogP contribution in [0.5, 0.6) is 5.75 Å². The Morgan fingerprint density at radius 1 is 1.27 bits per heavy atom. The molecule has 0 heterocycles. The molecule has 0 bridgehead atoms. The van der Waals surface area contributed by atoms with Crippen molar-refractivity contribution in [1.29, 1.82) is 0 Å². The van der Waals surface area contributed by atoms with Gasteiger partial charge in [0.15, 0.2) is 0 Å². The Morgan fingerprint density at radius 3 is 2.58 bits per heavy atom. The van der Waals surface area contributed by atoms with Gasteiger partial charge >= 0.3 is 0 Å². The Balaban J connectivity index is 2.06. The molecule has 2 aromatic carbocycles. The van der Waals surface area contributed by atoms with Gasteiger partial charge in [-0.2, -0.15) is 0 Å². The smallest absolute Gasteiger partial charge is 0.269 e. The number of nitrogens with zero attached hydrogens (tertiary/aromatic N) is 2. The maximum atomic E-state index is 12.4. The minimum absolute atomic E-state index is 0.0140. The average Bonchev–Trinajstić information content (AvgIpc) is 2.66. The normalized spacial score (nSPS) is 12.0. The number of hydrogen-bond acceptors (Lipinski definition) is 4. The third-order valence-electron chi connectivity index (χ3n) is 4.10. The van der Waals surface area contributed by atoms with Crippen LogP contribution in [0.1, 0.15) is 31.0 Å². The SMILES string of the molecule is CCOc1ccc(/C=C/C(=O)N(C)[C@H](C)c2cccc([N+](=O)[O-])c2)cc1. The number of nitro benzene ring substituents is 1. The second-order valence-corrected chi connectivity index (χ2v) is 5.81. The van der Waals surface area contributed by atoms with E-state index in [1.807, 2.05) is 38.1 Å². The Labute approximate surface area is 152 Å². The molecule has 2 aromatic rings. The summed E-state index contributed by atoms with van der Waals surface area (Å²) >= 11 is 0. The highest BCUT2D eigenvalue weighted by Crippen LogP contribution is 2.23. The maximum Gasteiger partial charge on any atom is 0.269 e. The molecule has 0 fully saturated rings. The highest BCUT2D eigenvalue weighted by molar-refractivity contribution is 5.91. The molecule has 0 unspecified atom stereocenters. The quantitative estimate of drug-likeness (QED) is 0.424. The molecule has 1 atom stereocenters. The van der Waals surface area contributed by atoms with Crippen LogP contribution >= 0.6 is 0 Å². The third-order valence-corrected chi connectivity index (χ3v) is 4.10. The van der Waals surface area contributed by atoms with Crippen LogP contribution in [0.15, 0.2) is 54.6 Å². The topological polar surface area (TPSA) is 72.7 Å². The van der Waals surface area contributed by atoms with Gasteiger partial charge in [-0.15, -0.1) is 0 Å². The number of likely N-dealkylation sites (N-methyl/N-ethyl adjacent to an activating group) is 1. The van der Waals surface area contributed by atoms with E-state index >= 15 is 0 Å². The van der Waals surface area contributed by atoms with Crippen molar-refractivity contribution in [1.82, 2.24) is 4.90 Å². The highest BCUT2D eigenvalue weighted by Gasteiger charge is 2.17. The molecule has 2 rings (SSSR count). The van der Waals surface area contributed by atoms with Gasteiger partial charge in [0, 0.05) is 25.3 Å². The van der Waals surface area contributed by atoms with Crippen LogP contribution in [0.25, 0.3) is 6.08 Å². The van der Waals surface area contributed by atoms with E-state index in [1.165, 1.54) is 18.2 Å². The number of nitro groups is 1. The summed E-state index contributed by atoms with van der Waals surface area (Å²) in [6.07, 6.45) is 3.22. The first-order valence-corrected chi connectivity index (χ1v) is 8.34. The Morgan fingerprint density at radius 2 is 1.96 bits per heavy atom. The maximum absolute atomic E-state index is 12.4. The van der Waals surface area contributed by atoms with Gasteiger partial charge in [-0.3, -0.25) is 14.9 Å². The largest absolute Gasteiger partial charge is 0.494 e. The van der Waals surface area contributed by atoms with Gasteiger partial charge in [0.1, 0.15) is 5.75 Å². The zero-order chi connectivity index (χ0) is 19.1. The summed E-state index contributed by atoms with van der Waals surface area (Å²) in [7, 11) is 1.67. The first kappa shape index (κ1) is 19.2. The lowest BCUT2D eigenvalue weighted by molar-refractivity contribution is -0.384. The molecule has 0 N–H and O–H groups in total. The lowest BCUT2D eigenvalue weighted by Crippen LogP contribution is -2.28. The minimum Gasteiger partial charge on any atom is -0.494 e. The Bertz CT molecular complexity index is 800. The molecule has 0 aliphatic rings. The fourth-order valence-electron chi connectivity index (χ4n) is 2.44. The van der Waals surface area contributed by atoms with Gasteiger partial charge in [-0.05, 0) is 43.2 Å². The zero-order valence-corrected chi connectivity index (χ0v) is 15.1. The van der Waals surface area contributed by atoms with Crippen LogP contribution in [0, 0.1) is 10.1 Å². The number of amides is 1. The van der Waals surface area contributed by atoms with Crippen LogP contribution in [-0.4, -0.2) is 29.4 Å². The number of carbonyl (C=O) groups is 1. The molecule has 0 aliphatic carbocycles. The van der Waals surface area contributed by atoms with Crippen molar-refractivity contribution in [3.8, 4) is 5.75 Å². The van der Waals surface area contributed by atoms with E-state index in [0.29, 0.717) is 12.2 Å². The summed E-state index contributed by atoms with van der Waals surface area (Å²) in [6, 6.07) is 13.5. The van der Waals surface area contributed by atoms with E-state index in [0.717, 1.165) is 11.3 Å². The molecular formula is C20H22N2O4. The van der Waals surface area contributed by atoms with Crippen molar-refractivity contribution < 1.29 is 14.5 Å². The van der Waals surface area contributed by atoms with Gasteiger partial charge in [0.2, 0.25) is 5.91 Å². The summed E-state index contributed by atoms with van der Waals surface area (Å²) in [5.41, 5.74) is 1.61. The van der Waals surface area contributed by atoms with Crippen LogP contribution in [0.2, 0.25) is 0 Å². The summed E-state index contributed by atoms with van der Waals surface area (Å²) < 4.78 is 5.38. The lowest BCUT2D eigenvalue weighted by atomic mass is 10.1.